The van der Waals surface area contributed by atoms with Gasteiger partial charge in [0.2, 0.25) is 11.8 Å². The predicted molar refractivity (Wildman–Crippen MR) is 71.1 cm³/mol. The van der Waals surface area contributed by atoms with Crippen LogP contribution in [-0.2, 0) is 16.0 Å². The number of aromatic nitrogens is 2. The second-order valence-corrected chi connectivity index (χ2v) is 5.61. The van der Waals surface area contributed by atoms with Gasteiger partial charge in [0, 0.05) is 13.0 Å². The maximum absolute atomic E-state index is 12.3. The van der Waals surface area contributed by atoms with Crippen molar-refractivity contribution >= 4 is 11.9 Å². The van der Waals surface area contributed by atoms with Gasteiger partial charge in [0.1, 0.15) is 0 Å². The Morgan fingerprint density at radius 1 is 1.38 bits per heavy atom. The average molecular weight is 291 g/mol. The number of carbonyl (C=O) groups is 2. The number of aliphatic carboxylic acids is 1. The lowest BCUT2D eigenvalue weighted by molar-refractivity contribution is -0.147. The molecule has 2 N–H and O–H groups in total. The molecule has 1 aromatic rings. The highest BCUT2D eigenvalue weighted by Gasteiger charge is 2.51. The molecule has 0 spiro atoms. The Bertz CT molecular complexity index is 595. The fraction of sp³-hybridized carbons (Fsp3) is 0.571. The van der Waals surface area contributed by atoms with E-state index in [1.54, 1.807) is 6.92 Å². The lowest BCUT2D eigenvalue weighted by Gasteiger charge is -2.23. The molecule has 4 atom stereocenters. The average Bonchev–Trinajstić information content (AvgIpc) is 3.13. The second kappa shape index (κ2) is 5.31. The molecule has 2 bridgehead atoms. The fourth-order valence-electron chi connectivity index (χ4n) is 3.37. The third-order valence-electron chi connectivity index (χ3n) is 4.25. The van der Waals surface area contributed by atoms with Crippen LogP contribution in [0.5, 0.6) is 0 Å². The van der Waals surface area contributed by atoms with Crippen LogP contribution in [0.2, 0.25) is 0 Å². The largest absolute Gasteiger partial charge is 0.481 e. The number of amides is 1. The molecule has 1 saturated carbocycles. The first kappa shape index (κ1) is 13.8. The van der Waals surface area contributed by atoms with Crippen molar-refractivity contribution in [2.75, 3.05) is 6.54 Å². The molecule has 1 amide bonds. The first-order valence-corrected chi connectivity index (χ1v) is 7.04. The maximum atomic E-state index is 12.3. The third-order valence-corrected chi connectivity index (χ3v) is 4.25. The summed E-state index contributed by atoms with van der Waals surface area (Å²) in [5.74, 6) is -1.11. The van der Waals surface area contributed by atoms with E-state index in [1.165, 1.54) is 0 Å². The molecule has 7 heteroatoms. The molecule has 2 aliphatic carbocycles. The van der Waals surface area contributed by atoms with Crippen LogP contribution >= 0.6 is 0 Å². The standard InChI is InChI=1S/C14H17N3O4/c1-7-16-10(21-17-7)4-5-15-13(18)11-8-2-3-9(6-8)12(11)14(19)20/h2-3,8-9,11-12H,4-6H2,1H3,(H,15,18)(H,19,20). The van der Waals surface area contributed by atoms with Crippen LogP contribution in [0.4, 0.5) is 0 Å². The molecular formula is C14H17N3O4. The van der Waals surface area contributed by atoms with Crippen LogP contribution in [0.15, 0.2) is 16.7 Å². The van der Waals surface area contributed by atoms with Gasteiger partial charge < -0.3 is 14.9 Å². The number of carboxylic acid groups (broad SMARTS) is 1. The zero-order valence-corrected chi connectivity index (χ0v) is 11.7. The van der Waals surface area contributed by atoms with E-state index < -0.39 is 17.8 Å². The highest BCUT2D eigenvalue weighted by Crippen LogP contribution is 2.48. The summed E-state index contributed by atoms with van der Waals surface area (Å²) in [6.07, 6.45) is 5.10. The first-order chi connectivity index (χ1) is 10.1. The van der Waals surface area contributed by atoms with Crippen molar-refractivity contribution in [1.29, 1.82) is 0 Å². The molecule has 4 unspecified atom stereocenters. The number of allylic oxidation sites excluding steroid dienone is 2. The van der Waals surface area contributed by atoms with Gasteiger partial charge in [-0.25, -0.2) is 0 Å². The normalized spacial score (nSPS) is 29.8. The summed E-state index contributed by atoms with van der Waals surface area (Å²) in [6.45, 7) is 2.09. The Balaban J connectivity index is 1.57. The summed E-state index contributed by atoms with van der Waals surface area (Å²) >= 11 is 0. The number of carboxylic acids is 1. The highest BCUT2D eigenvalue weighted by atomic mass is 16.5. The van der Waals surface area contributed by atoms with Gasteiger partial charge in [-0.2, -0.15) is 4.98 Å². The number of hydrogen-bond acceptors (Lipinski definition) is 5. The number of carbonyl (C=O) groups excluding carboxylic acids is 1. The van der Waals surface area contributed by atoms with Crippen molar-refractivity contribution < 1.29 is 19.2 Å². The fourth-order valence-corrected chi connectivity index (χ4v) is 3.37. The molecule has 0 saturated heterocycles. The first-order valence-electron chi connectivity index (χ1n) is 7.04. The minimum atomic E-state index is -0.889. The van der Waals surface area contributed by atoms with E-state index in [1.807, 2.05) is 12.2 Å². The molecule has 2 aliphatic rings. The molecule has 3 rings (SSSR count). The van der Waals surface area contributed by atoms with Gasteiger partial charge in [-0.1, -0.05) is 17.3 Å². The topological polar surface area (TPSA) is 105 Å². The highest BCUT2D eigenvalue weighted by molar-refractivity contribution is 5.86. The lowest BCUT2D eigenvalue weighted by atomic mass is 9.82. The minimum absolute atomic E-state index is 0.0122. The number of fused-ring (bicyclic) bond motifs is 2. The van der Waals surface area contributed by atoms with Crippen molar-refractivity contribution in [2.24, 2.45) is 23.7 Å². The monoisotopic (exact) mass is 291 g/mol. The lowest BCUT2D eigenvalue weighted by Crippen LogP contribution is -2.40. The zero-order chi connectivity index (χ0) is 15.0. The van der Waals surface area contributed by atoms with E-state index in [4.69, 9.17) is 4.52 Å². The zero-order valence-electron chi connectivity index (χ0n) is 11.7. The summed E-state index contributed by atoms with van der Waals surface area (Å²) in [6, 6.07) is 0. The molecule has 21 heavy (non-hydrogen) atoms. The van der Waals surface area contributed by atoms with Crippen molar-refractivity contribution in [2.45, 2.75) is 19.8 Å². The Kier molecular flexibility index (Phi) is 3.48. The van der Waals surface area contributed by atoms with Crippen molar-refractivity contribution in [1.82, 2.24) is 15.5 Å². The summed E-state index contributed by atoms with van der Waals surface area (Å²) < 4.78 is 4.96. The van der Waals surface area contributed by atoms with E-state index in [-0.39, 0.29) is 17.7 Å². The number of aryl methyl sites for hydroxylation is 1. The molecule has 0 aromatic carbocycles. The predicted octanol–water partition coefficient (Wildman–Crippen LogP) is 0.560. The Morgan fingerprint density at radius 3 is 2.71 bits per heavy atom. The number of nitrogens with one attached hydrogen (secondary N) is 1. The Morgan fingerprint density at radius 2 is 2.10 bits per heavy atom. The van der Waals surface area contributed by atoms with E-state index in [2.05, 4.69) is 15.5 Å². The molecule has 0 radical (unpaired) electrons. The van der Waals surface area contributed by atoms with E-state index in [0.717, 1.165) is 6.42 Å². The van der Waals surface area contributed by atoms with Gasteiger partial charge >= 0.3 is 5.97 Å². The van der Waals surface area contributed by atoms with Gasteiger partial charge in [0.25, 0.3) is 0 Å². The quantitative estimate of drug-likeness (QED) is 0.768. The smallest absolute Gasteiger partial charge is 0.307 e. The number of hydrogen-bond donors (Lipinski definition) is 2. The Hall–Kier alpha value is -2.18. The molecule has 112 valence electrons. The van der Waals surface area contributed by atoms with E-state index in [9.17, 15) is 14.7 Å². The molecular weight excluding hydrogens is 274 g/mol. The minimum Gasteiger partial charge on any atom is -0.481 e. The number of nitrogens with zero attached hydrogens (tertiary/aromatic N) is 2. The molecule has 1 heterocycles. The van der Waals surface area contributed by atoms with Gasteiger partial charge in [-0.3, -0.25) is 9.59 Å². The van der Waals surface area contributed by atoms with Crippen LogP contribution in [0.3, 0.4) is 0 Å². The molecule has 7 nitrogen and oxygen atoms in total. The van der Waals surface area contributed by atoms with Crippen LogP contribution in [0, 0.1) is 30.6 Å². The van der Waals surface area contributed by atoms with Gasteiger partial charge in [0.05, 0.1) is 11.8 Å². The van der Waals surface area contributed by atoms with E-state index >= 15 is 0 Å². The van der Waals surface area contributed by atoms with Crippen LogP contribution in [0.25, 0.3) is 0 Å². The van der Waals surface area contributed by atoms with E-state index in [0.29, 0.717) is 24.7 Å². The van der Waals surface area contributed by atoms with Crippen molar-refractivity contribution in [3.63, 3.8) is 0 Å². The molecule has 0 aliphatic heterocycles. The van der Waals surface area contributed by atoms with Gasteiger partial charge in [0.15, 0.2) is 5.82 Å². The maximum Gasteiger partial charge on any atom is 0.307 e. The summed E-state index contributed by atoms with van der Waals surface area (Å²) in [5, 5.41) is 15.8. The SMILES string of the molecule is Cc1noc(CCNC(=O)C2C3C=CC(C3)C2C(=O)O)n1. The van der Waals surface area contributed by atoms with Crippen LogP contribution in [-0.4, -0.2) is 33.7 Å². The molecule has 1 aromatic heterocycles. The summed E-state index contributed by atoms with van der Waals surface area (Å²) in [4.78, 5) is 27.7. The van der Waals surface area contributed by atoms with Gasteiger partial charge in [-0.05, 0) is 25.2 Å². The van der Waals surface area contributed by atoms with Gasteiger partial charge in [-0.15, -0.1) is 0 Å². The van der Waals surface area contributed by atoms with Crippen LogP contribution < -0.4 is 5.32 Å². The molecule has 1 fully saturated rings. The second-order valence-electron chi connectivity index (χ2n) is 5.61. The summed E-state index contributed by atoms with van der Waals surface area (Å²) in [5.41, 5.74) is 0. The number of rotatable bonds is 5. The summed E-state index contributed by atoms with van der Waals surface area (Å²) in [7, 11) is 0. The Labute approximate surface area is 121 Å². The van der Waals surface area contributed by atoms with Crippen LogP contribution in [0.1, 0.15) is 18.1 Å². The van der Waals surface area contributed by atoms with Crippen molar-refractivity contribution in [3.8, 4) is 0 Å². The van der Waals surface area contributed by atoms with Crippen molar-refractivity contribution in [3.05, 3.63) is 23.9 Å². The third kappa shape index (κ3) is 2.55.